The number of aryl methyl sites for hydroxylation is 1. The monoisotopic (exact) mass is 445 g/mol. The molecule has 1 amide bonds. The predicted octanol–water partition coefficient (Wildman–Crippen LogP) is 5.73. The minimum absolute atomic E-state index is 0.0452. The van der Waals surface area contributed by atoms with Crippen LogP contribution in [0.5, 0.6) is 17.2 Å². The Morgan fingerprint density at radius 3 is 2.09 bits per heavy atom. The number of benzene rings is 3. The van der Waals surface area contributed by atoms with Gasteiger partial charge in [0.1, 0.15) is 5.75 Å². The summed E-state index contributed by atoms with van der Waals surface area (Å²) in [5.41, 5.74) is 5.19. The molecule has 5 nitrogen and oxygen atoms in total. The molecule has 1 aliphatic heterocycles. The molecular formula is C28H31NO4. The lowest BCUT2D eigenvalue weighted by molar-refractivity contribution is -0.118. The first-order chi connectivity index (χ1) is 16.1. The van der Waals surface area contributed by atoms with Crippen molar-refractivity contribution >= 4 is 11.6 Å². The number of hydrogen-bond donors (Lipinski definition) is 0. The fourth-order valence-corrected chi connectivity index (χ4v) is 4.39. The molecule has 0 radical (unpaired) electrons. The van der Waals surface area contributed by atoms with E-state index in [9.17, 15) is 4.79 Å². The van der Waals surface area contributed by atoms with Gasteiger partial charge in [-0.05, 0) is 78.9 Å². The van der Waals surface area contributed by atoms with Crippen molar-refractivity contribution in [2.24, 2.45) is 0 Å². The molecule has 0 spiro atoms. The number of carbonyl (C=O) groups excluding carboxylic acids is 1. The summed E-state index contributed by atoms with van der Waals surface area (Å²) in [5.74, 6) is 2.19. The lowest BCUT2D eigenvalue weighted by Crippen LogP contribution is -2.41. The molecule has 0 N–H and O–H groups in total. The Morgan fingerprint density at radius 1 is 0.879 bits per heavy atom. The first kappa shape index (κ1) is 22.7. The maximum absolute atomic E-state index is 13.5. The number of methoxy groups -OCH3 is 1. The standard InChI is InChI=1S/C28H31NO4/c1-5-19-8-10-20(11-9-19)28-24-18-26(33-7-3)25(32-6-2)16-21(24)17-27(30)29(28)22-12-14-23(31-4)15-13-22/h8-16,18,28H,5-7,17H2,1-4H3/t28-/m0/s1. The van der Waals surface area contributed by atoms with E-state index >= 15 is 0 Å². The van der Waals surface area contributed by atoms with Crippen LogP contribution in [0, 0.1) is 0 Å². The highest BCUT2D eigenvalue weighted by atomic mass is 16.5. The van der Waals surface area contributed by atoms with E-state index in [2.05, 4.69) is 31.2 Å². The topological polar surface area (TPSA) is 48.0 Å². The summed E-state index contributed by atoms with van der Waals surface area (Å²) in [4.78, 5) is 15.4. The maximum Gasteiger partial charge on any atom is 0.232 e. The third-order valence-corrected chi connectivity index (χ3v) is 6.02. The van der Waals surface area contributed by atoms with E-state index in [0.717, 1.165) is 34.5 Å². The Balaban J connectivity index is 1.89. The summed E-state index contributed by atoms with van der Waals surface area (Å²) in [6.45, 7) is 7.12. The fourth-order valence-electron chi connectivity index (χ4n) is 4.39. The van der Waals surface area contributed by atoms with Crippen LogP contribution in [0.15, 0.2) is 60.7 Å². The summed E-state index contributed by atoms with van der Waals surface area (Å²) in [6.07, 6.45) is 1.27. The lowest BCUT2D eigenvalue weighted by Gasteiger charge is -2.38. The zero-order chi connectivity index (χ0) is 23.4. The average Bonchev–Trinajstić information content (AvgIpc) is 2.84. The van der Waals surface area contributed by atoms with Gasteiger partial charge in [-0.15, -0.1) is 0 Å². The Labute approximate surface area is 195 Å². The van der Waals surface area contributed by atoms with Crippen LogP contribution in [0.2, 0.25) is 0 Å². The molecule has 172 valence electrons. The summed E-state index contributed by atoms with van der Waals surface area (Å²) < 4.78 is 17.1. The predicted molar refractivity (Wildman–Crippen MR) is 131 cm³/mol. The van der Waals surface area contributed by atoms with Gasteiger partial charge in [-0.25, -0.2) is 0 Å². The van der Waals surface area contributed by atoms with Crippen LogP contribution >= 0.6 is 0 Å². The molecule has 33 heavy (non-hydrogen) atoms. The largest absolute Gasteiger partial charge is 0.497 e. The van der Waals surface area contributed by atoms with Gasteiger partial charge in [-0.3, -0.25) is 4.79 Å². The molecule has 0 aromatic heterocycles. The molecule has 0 aliphatic carbocycles. The molecule has 5 heteroatoms. The van der Waals surface area contributed by atoms with Gasteiger partial charge in [-0.1, -0.05) is 31.2 Å². The fraction of sp³-hybridized carbons (Fsp3) is 0.321. The van der Waals surface area contributed by atoms with E-state index in [1.165, 1.54) is 5.56 Å². The first-order valence-corrected chi connectivity index (χ1v) is 11.6. The number of fused-ring (bicyclic) bond motifs is 1. The van der Waals surface area contributed by atoms with Crippen molar-refractivity contribution in [1.82, 2.24) is 0 Å². The Kier molecular flexibility index (Phi) is 6.87. The molecule has 0 saturated carbocycles. The lowest BCUT2D eigenvalue weighted by atomic mass is 9.86. The van der Waals surface area contributed by atoms with Crippen LogP contribution in [-0.2, 0) is 17.6 Å². The van der Waals surface area contributed by atoms with E-state index in [1.807, 2.05) is 55.1 Å². The van der Waals surface area contributed by atoms with Crippen LogP contribution in [0.4, 0.5) is 5.69 Å². The molecular weight excluding hydrogens is 414 g/mol. The molecule has 0 saturated heterocycles. The van der Waals surface area contributed by atoms with E-state index in [0.29, 0.717) is 31.1 Å². The number of anilines is 1. The van der Waals surface area contributed by atoms with E-state index < -0.39 is 0 Å². The van der Waals surface area contributed by atoms with Crippen molar-refractivity contribution in [2.75, 3.05) is 25.2 Å². The van der Waals surface area contributed by atoms with Crippen molar-refractivity contribution in [1.29, 1.82) is 0 Å². The number of rotatable bonds is 8. The second kappa shape index (κ2) is 9.99. The van der Waals surface area contributed by atoms with Crippen LogP contribution in [0.1, 0.15) is 49.1 Å². The van der Waals surface area contributed by atoms with E-state index in [4.69, 9.17) is 14.2 Å². The SMILES string of the molecule is CCOc1cc2c(cc1OCC)[C@H](c1ccc(CC)cc1)N(c1ccc(OC)cc1)C(=O)C2. The molecule has 4 rings (SSSR count). The van der Waals surface area contributed by atoms with Gasteiger partial charge in [0.15, 0.2) is 11.5 Å². The molecule has 1 heterocycles. The second-order valence-corrected chi connectivity index (χ2v) is 8.00. The Hall–Kier alpha value is -3.47. The minimum Gasteiger partial charge on any atom is -0.497 e. The zero-order valence-electron chi connectivity index (χ0n) is 19.8. The molecule has 3 aromatic carbocycles. The van der Waals surface area contributed by atoms with Crippen molar-refractivity contribution in [2.45, 2.75) is 39.7 Å². The summed E-state index contributed by atoms with van der Waals surface area (Å²) in [6, 6.07) is 19.9. The van der Waals surface area contributed by atoms with Crippen molar-refractivity contribution < 1.29 is 19.0 Å². The number of hydrogen-bond acceptors (Lipinski definition) is 4. The van der Waals surface area contributed by atoms with Crippen LogP contribution in [0.3, 0.4) is 0 Å². The molecule has 0 bridgehead atoms. The number of ether oxygens (including phenoxy) is 3. The maximum atomic E-state index is 13.5. The quantitative estimate of drug-likeness (QED) is 0.444. The summed E-state index contributed by atoms with van der Waals surface area (Å²) in [5, 5.41) is 0. The van der Waals surface area contributed by atoms with Crippen molar-refractivity contribution in [3.63, 3.8) is 0 Å². The summed E-state index contributed by atoms with van der Waals surface area (Å²) in [7, 11) is 1.64. The smallest absolute Gasteiger partial charge is 0.232 e. The molecule has 1 aliphatic rings. The first-order valence-electron chi connectivity index (χ1n) is 11.6. The van der Waals surface area contributed by atoms with Gasteiger partial charge in [0.25, 0.3) is 0 Å². The molecule has 3 aromatic rings. The highest BCUT2D eigenvalue weighted by Crippen LogP contribution is 2.43. The van der Waals surface area contributed by atoms with E-state index in [-0.39, 0.29) is 11.9 Å². The van der Waals surface area contributed by atoms with Gasteiger partial charge in [0.05, 0.1) is 32.8 Å². The number of amides is 1. The zero-order valence-corrected chi connectivity index (χ0v) is 19.8. The van der Waals surface area contributed by atoms with Crippen LogP contribution < -0.4 is 19.1 Å². The minimum atomic E-state index is -0.268. The van der Waals surface area contributed by atoms with Gasteiger partial charge < -0.3 is 19.1 Å². The second-order valence-electron chi connectivity index (χ2n) is 8.00. The number of nitrogens with zero attached hydrogens (tertiary/aromatic N) is 1. The van der Waals surface area contributed by atoms with E-state index in [1.54, 1.807) is 7.11 Å². The van der Waals surface area contributed by atoms with Gasteiger partial charge in [-0.2, -0.15) is 0 Å². The van der Waals surface area contributed by atoms with Crippen LogP contribution in [0.25, 0.3) is 0 Å². The normalized spacial score (nSPS) is 15.2. The summed E-state index contributed by atoms with van der Waals surface area (Å²) >= 11 is 0. The molecule has 0 unspecified atom stereocenters. The van der Waals surface area contributed by atoms with Crippen LogP contribution in [-0.4, -0.2) is 26.2 Å². The third-order valence-electron chi connectivity index (χ3n) is 6.02. The Morgan fingerprint density at radius 2 is 1.52 bits per heavy atom. The Bertz CT molecular complexity index is 1110. The van der Waals surface area contributed by atoms with Gasteiger partial charge in [0, 0.05) is 5.69 Å². The third kappa shape index (κ3) is 4.54. The molecule has 0 fully saturated rings. The van der Waals surface area contributed by atoms with Crippen molar-refractivity contribution in [3.8, 4) is 17.2 Å². The van der Waals surface area contributed by atoms with Crippen molar-refractivity contribution in [3.05, 3.63) is 82.9 Å². The van der Waals surface area contributed by atoms with Gasteiger partial charge >= 0.3 is 0 Å². The highest BCUT2D eigenvalue weighted by molar-refractivity contribution is 5.98. The highest BCUT2D eigenvalue weighted by Gasteiger charge is 2.36. The average molecular weight is 446 g/mol. The van der Waals surface area contributed by atoms with Gasteiger partial charge in [0.2, 0.25) is 5.91 Å². The molecule has 1 atom stereocenters. The number of carbonyl (C=O) groups is 1.